The summed E-state index contributed by atoms with van der Waals surface area (Å²) in [5.41, 5.74) is 4.12. The van der Waals surface area contributed by atoms with Crippen molar-refractivity contribution in [2.45, 2.75) is 19.5 Å². The molecule has 0 aliphatic carbocycles. The smallest absolute Gasteiger partial charge is 0.256 e. The number of hydrogen-bond acceptors (Lipinski definition) is 3. The van der Waals surface area contributed by atoms with Gasteiger partial charge in [0.1, 0.15) is 5.82 Å². The highest BCUT2D eigenvalue weighted by atomic mass is 19.1. The third-order valence-corrected chi connectivity index (χ3v) is 4.17. The van der Waals surface area contributed by atoms with Gasteiger partial charge in [0.05, 0.1) is 6.42 Å². The van der Waals surface area contributed by atoms with Crippen molar-refractivity contribution in [2.24, 2.45) is 0 Å². The van der Waals surface area contributed by atoms with E-state index in [0.717, 1.165) is 18.7 Å². The lowest BCUT2D eigenvalue weighted by Crippen LogP contribution is -2.14. The van der Waals surface area contributed by atoms with E-state index < -0.39 is 11.7 Å². The van der Waals surface area contributed by atoms with Gasteiger partial charge in [0.2, 0.25) is 5.91 Å². The van der Waals surface area contributed by atoms with Gasteiger partial charge in [-0.25, -0.2) is 4.39 Å². The van der Waals surface area contributed by atoms with E-state index >= 15 is 0 Å². The Morgan fingerprint density at radius 2 is 1.96 bits per heavy atom. The maximum atomic E-state index is 13.7. The predicted molar refractivity (Wildman–Crippen MR) is 83.7 cm³/mol. The molecule has 5 nitrogen and oxygen atoms in total. The molecule has 2 amide bonds. The Morgan fingerprint density at radius 3 is 2.83 bits per heavy atom. The fraction of sp³-hybridized carbons (Fsp3) is 0.176. The van der Waals surface area contributed by atoms with Crippen molar-refractivity contribution in [1.29, 1.82) is 0 Å². The van der Waals surface area contributed by atoms with E-state index in [1.807, 2.05) is 18.2 Å². The second kappa shape index (κ2) is 5.17. The Balaban J connectivity index is 1.64. The Kier molecular flexibility index (Phi) is 3.12. The molecule has 0 radical (unpaired) electrons. The van der Waals surface area contributed by atoms with E-state index in [-0.39, 0.29) is 17.9 Å². The SMILES string of the molecule is O=C1Cc2c(cc(F)cc2C(=O)Nc2ccc3c(c2)CNC3)N1. The minimum Gasteiger partial charge on any atom is -0.325 e. The van der Waals surface area contributed by atoms with Gasteiger partial charge in [-0.05, 0) is 41.0 Å². The van der Waals surface area contributed by atoms with Gasteiger partial charge < -0.3 is 16.0 Å². The van der Waals surface area contributed by atoms with Crippen LogP contribution in [0.3, 0.4) is 0 Å². The van der Waals surface area contributed by atoms with Gasteiger partial charge in [0.15, 0.2) is 0 Å². The minimum atomic E-state index is -0.547. The number of rotatable bonds is 2. The molecule has 2 aliphatic rings. The van der Waals surface area contributed by atoms with Crippen LogP contribution in [0, 0.1) is 5.82 Å². The van der Waals surface area contributed by atoms with Crippen molar-refractivity contribution in [3.8, 4) is 0 Å². The van der Waals surface area contributed by atoms with E-state index in [4.69, 9.17) is 0 Å². The van der Waals surface area contributed by atoms with Crippen molar-refractivity contribution in [2.75, 3.05) is 10.6 Å². The zero-order valence-corrected chi connectivity index (χ0v) is 12.2. The van der Waals surface area contributed by atoms with Crippen LogP contribution < -0.4 is 16.0 Å². The third-order valence-electron chi connectivity index (χ3n) is 4.17. The van der Waals surface area contributed by atoms with Crippen LogP contribution in [-0.2, 0) is 24.3 Å². The van der Waals surface area contributed by atoms with Crippen LogP contribution in [-0.4, -0.2) is 11.8 Å². The number of halogens is 1. The van der Waals surface area contributed by atoms with Crippen molar-refractivity contribution in [3.05, 3.63) is 58.4 Å². The third kappa shape index (κ3) is 2.47. The van der Waals surface area contributed by atoms with Gasteiger partial charge in [-0.2, -0.15) is 0 Å². The molecule has 6 heteroatoms. The van der Waals surface area contributed by atoms with Gasteiger partial charge in [0, 0.05) is 30.0 Å². The summed E-state index contributed by atoms with van der Waals surface area (Å²) in [6, 6.07) is 8.11. The van der Waals surface area contributed by atoms with Crippen LogP contribution in [0.1, 0.15) is 27.0 Å². The van der Waals surface area contributed by atoms with Gasteiger partial charge >= 0.3 is 0 Å². The molecule has 0 spiro atoms. The highest BCUT2D eigenvalue weighted by molar-refractivity contribution is 6.10. The largest absolute Gasteiger partial charge is 0.325 e. The highest BCUT2D eigenvalue weighted by Crippen LogP contribution is 2.29. The molecule has 0 bridgehead atoms. The van der Waals surface area contributed by atoms with Gasteiger partial charge in [-0.1, -0.05) is 6.07 Å². The number of fused-ring (bicyclic) bond motifs is 2. The van der Waals surface area contributed by atoms with E-state index in [9.17, 15) is 14.0 Å². The first kappa shape index (κ1) is 13.9. The number of benzene rings is 2. The molecule has 2 aromatic rings. The molecule has 116 valence electrons. The molecule has 0 atom stereocenters. The maximum Gasteiger partial charge on any atom is 0.256 e. The summed E-state index contributed by atoms with van der Waals surface area (Å²) >= 11 is 0. The lowest BCUT2D eigenvalue weighted by molar-refractivity contribution is -0.115. The summed E-state index contributed by atoms with van der Waals surface area (Å²) in [5.74, 6) is -1.19. The number of nitrogens with one attached hydrogen (secondary N) is 3. The highest BCUT2D eigenvalue weighted by Gasteiger charge is 2.25. The lowest BCUT2D eigenvalue weighted by Gasteiger charge is -2.10. The second-order valence-electron chi connectivity index (χ2n) is 5.75. The van der Waals surface area contributed by atoms with Crippen LogP contribution in [0.25, 0.3) is 0 Å². The normalized spacial score (nSPS) is 15.1. The number of anilines is 2. The quantitative estimate of drug-likeness (QED) is 0.796. The van der Waals surface area contributed by atoms with Crippen LogP contribution in [0.5, 0.6) is 0 Å². The van der Waals surface area contributed by atoms with Crippen LogP contribution in [0.15, 0.2) is 30.3 Å². The predicted octanol–water partition coefficient (Wildman–Crippen LogP) is 2.18. The van der Waals surface area contributed by atoms with E-state index in [0.29, 0.717) is 16.9 Å². The first-order valence-corrected chi connectivity index (χ1v) is 7.36. The zero-order valence-electron chi connectivity index (χ0n) is 12.2. The number of amides is 2. The zero-order chi connectivity index (χ0) is 16.0. The molecule has 4 rings (SSSR count). The summed E-state index contributed by atoms with van der Waals surface area (Å²) in [6.45, 7) is 1.60. The molecular formula is C17H14FN3O2. The molecule has 0 fully saturated rings. The molecule has 23 heavy (non-hydrogen) atoms. The second-order valence-corrected chi connectivity index (χ2v) is 5.75. The van der Waals surface area contributed by atoms with Crippen LogP contribution in [0.4, 0.5) is 15.8 Å². The molecule has 2 aromatic carbocycles. The molecule has 0 saturated carbocycles. The minimum absolute atomic E-state index is 0.0898. The molecule has 0 saturated heterocycles. The monoisotopic (exact) mass is 311 g/mol. The Morgan fingerprint density at radius 1 is 1.13 bits per heavy atom. The number of hydrogen-bond donors (Lipinski definition) is 3. The van der Waals surface area contributed by atoms with E-state index in [1.165, 1.54) is 17.7 Å². The van der Waals surface area contributed by atoms with Gasteiger partial charge in [-0.3, -0.25) is 9.59 Å². The summed E-state index contributed by atoms with van der Waals surface area (Å²) in [6.07, 6.45) is 0.0898. The van der Waals surface area contributed by atoms with Crippen molar-refractivity contribution in [3.63, 3.8) is 0 Å². The summed E-state index contributed by atoms with van der Waals surface area (Å²) in [4.78, 5) is 24.0. The van der Waals surface area contributed by atoms with Crippen LogP contribution in [0.2, 0.25) is 0 Å². The maximum absolute atomic E-state index is 13.7. The molecule has 3 N–H and O–H groups in total. The van der Waals surface area contributed by atoms with Gasteiger partial charge in [0.25, 0.3) is 5.91 Å². The average molecular weight is 311 g/mol. The topological polar surface area (TPSA) is 70.2 Å². The van der Waals surface area contributed by atoms with Crippen LogP contribution >= 0.6 is 0 Å². The Labute approximate surface area is 131 Å². The molecule has 0 aromatic heterocycles. The molecule has 0 unspecified atom stereocenters. The first-order valence-electron chi connectivity index (χ1n) is 7.36. The molecule has 2 aliphatic heterocycles. The number of carbonyl (C=O) groups excluding carboxylic acids is 2. The summed E-state index contributed by atoms with van der Waals surface area (Å²) in [5, 5.41) is 8.59. The fourth-order valence-electron chi connectivity index (χ4n) is 3.07. The average Bonchev–Trinajstić information content (AvgIpc) is 3.10. The lowest BCUT2D eigenvalue weighted by atomic mass is 10.0. The van der Waals surface area contributed by atoms with Crippen molar-refractivity contribution < 1.29 is 14.0 Å². The van der Waals surface area contributed by atoms with Crippen molar-refractivity contribution in [1.82, 2.24) is 5.32 Å². The van der Waals surface area contributed by atoms with E-state index in [1.54, 1.807) is 0 Å². The van der Waals surface area contributed by atoms with Crippen molar-refractivity contribution >= 4 is 23.2 Å². The van der Waals surface area contributed by atoms with E-state index in [2.05, 4.69) is 16.0 Å². The summed E-state index contributed by atoms with van der Waals surface area (Å²) in [7, 11) is 0. The Hall–Kier alpha value is -2.73. The molecular weight excluding hydrogens is 297 g/mol. The summed E-state index contributed by atoms with van der Waals surface area (Å²) < 4.78 is 13.7. The standard InChI is InChI=1S/C17H14FN3O2/c18-11-4-14(13-6-16(22)21-15(13)5-11)17(23)20-12-2-1-9-7-19-8-10(9)3-12/h1-5,19H,6-8H2,(H,20,23)(H,21,22). The number of carbonyl (C=O) groups is 2. The fourth-order valence-corrected chi connectivity index (χ4v) is 3.07. The Bertz CT molecular complexity index is 848. The molecule has 2 heterocycles. The first-order chi connectivity index (χ1) is 11.1. The van der Waals surface area contributed by atoms with Gasteiger partial charge in [-0.15, -0.1) is 0 Å².